The third-order valence-electron chi connectivity index (χ3n) is 9.84. The van der Waals surface area contributed by atoms with Crippen molar-refractivity contribution >= 4 is 28.6 Å². The Morgan fingerprint density at radius 3 is 2.71 bits per heavy atom. The maximum atomic E-state index is 15.7. The molecule has 5 aromatic rings. The van der Waals surface area contributed by atoms with Crippen molar-refractivity contribution in [2.75, 3.05) is 18.6 Å². The van der Waals surface area contributed by atoms with E-state index in [0.717, 1.165) is 52.8 Å². The lowest BCUT2D eigenvalue weighted by atomic mass is 9.75. The van der Waals surface area contributed by atoms with Gasteiger partial charge in [0, 0.05) is 48.7 Å². The predicted molar refractivity (Wildman–Crippen MR) is 193 cm³/mol. The molecule has 3 aromatic carbocycles. The predicted octanol–water partition coefficient (Wildman–Crippen LogP) is 8.75. The molecule has 0 spiro atoms. The molecule has 2 N–H and O–H groups in total. The average Bonchev–Trinajstić information content (AvgIpc) is 3.70. The molecule has 4 bridgehead atoms. The Labute approximate surface area is 291 Å². The zero-order chi connectivity index (χ0) is 34.9. The van der Waals surface area contributed by atoms with Crippen molar-refractivity contribution in [1.82, 2.24) is 25.1 Å². The monoisotopic (exact) mass is 685 g/mol. The Morgan fingerprint density at radius 2 is 1.92 bits per heavy atom. The molecule has 49 heavy (non-hydrogen) atoms. The maximum Gasteiger partial charge on any atom is 0.222 e. The Hall–Kier alpha value is -4.18. The molecule has 3 heterocycles. The van der Waals surface area contributed by atoms with Gasteiger partial charge in [0.1, 0.15) is 11.6 Å². The van der Waals surface area contributed by atoms with Crippen LogP contribution in [0.4, 0.5) is 8.78 Å². The summed E-state index contributed by atoms with van der Waals surface area (Å²) in [7, 11) is 3.42. The molecule has 2 aromatic heterocycles. The molecule has 7 nitrogen and oxygen atoms in total. The van der Waals surface area contributed by atoms with Crippen LogP contribution in [0, 0.1) is 23.0 Å². The van der Waals surface area contributed by atoms with Crippen molar-refractivity contribution < 1.29 is 18.3 Å². The lowest BCUT2D eigenvalue weighted by Crippen LogP contribution is -2.28. The van der Waals surface area contributed by atoms with E-state index in [4.69, 9.17) is 14.8 Å². The Balaban J connectivity index is 1.45. The fraction of sp³-hybridized carbons (Fsp3) is 0.410. The van der Waals surface area contributed by atoms with E-state index in [9.17, 15) is 4.79 Å². The lowest BCUT2D eigenvalue weighted by molar-refractivity contribution is -0.123. The zero-order valence-corrected chi connectivity index (χ0v) is 29.9. The number of aromatic amines is 1. The fourth-order valence-corrected chi connectivity index (χ4v) is 8.12. The van der Waals surface area contributed by atoms with Gasteiger partial charge in [0.25, 0.3) is 0 Å². The number of nitrogens with one attached hydrogen (secondary N) is 2. The van der Waals surface area contributed by atoms with Gasteiger partial charge in [-0.15, -0.1) is 0 Å². The van der Waals surface area contributed by atoms with Gasteiger partial charge in [-0.25, -0.2) is 18.4 Å². The summed E-state index contributed by atoms with van der Waals surface area (Å²) in [5, 5.41) is 8.57. The first kappa shape index (κ1) is 34.7. The number of carbonyl (C=O) groups is 1. The first-order valence-electron chi connectivity index (χ1n) is 16.9. The molecule has 0 saturated heterocycles. The molecule has 0 fully saturated rings. The number of thioether (sulfide) groups is 1. The highest BCUT2D eigenvalue weighted by molar-refractivity contribution is 7.99. The molecule has 1 aliphatic rings. The molecule has 6 rings (SSSR count). The van der Waals surface area contributed by atoms with E-state index in [1.54, 1.807) is 24.8 Å². The molecule has 0 aliphatic carbocycles. The maximum absolute atomic E-state index is 15.7. The number of hydrogen-bond donors (Lipinski definition) is 2. The van der Waals surface area contributed by atoms with E-state index in [1.165, 1.54) is 18.2 Å². The number of aromatic nitrogens is 4. The van der Waals surface area contributed by atoms with Crippen LogP contribution in [0.2, 0.25) is 0 Å². The summed E-state index contributed by atoms with van der Waals surface area (Å²) in [5.74, 6) is 2.04. The average molecular weight is 686 g/mol. The van der Waals surface area contributed by atoms with Gasteiger partial charge in [0.2, 0.25) is 5.91 Å². The summed E-state index contributed by atoms with van der Waals surface area (Å²) in [6.07, 6.45) is 5.72. The molecular weight excluding hydrogens is 641 g/mol. The highest BCUT2D eigenvalue weighted by Gasteiger charge is 2.35. The van der Waals surface area contributed by atoms with Gasteiger partial charge in [-0.2, -0.15) is 16.9 Å². The number of fused-ring (bicyclic) bond motifs is 8. The summed E-state index contributed by atoms with van der Waals surface area (Å²) in [6, 6.07) is 16.2. The quantitative estimate of drug-likeness (QED) is 0.198. The van der Waals surface area contributed by atoms with Crippen LogP contribution in [0.1, 0.15) is 69.5 Å². The summed E-state index contributed by atoms with van der Waals surface area (Å²) < 4.78 is 39.1. The van der Waals surface area contributed by atoms with Crippen LogP contribution in [0.25, 0.3) is 22.3 Å². The number of amides is 1. The van der Waals surface area contributed by atoms with Crippen molar-refractivity contribution in [2.45, 2.75) is 65.2 Å². The molecule has 1 amide bonds. The van der Waals surface area contributed by atoms with Gasteiger partial charge in [-0.3, -0.25) is 4.79 Å². The molecule has 2 unspecified atom stereocenters. The molecule has 0 saturated carbocycles. The topological polar surface area (TPSA) is 84.8 Å². The third-order valence-corrected chi connectivity index (χ3v) is 11.3. The van der Waals surface area contributed by atoms with Crippen molar-refractivity contribution in [2.24, 2.45) is 18.4 Å². The number of hydrogen-bond acceptors (Lipinski definition) is 5. The van der Waals surface area contributed by atoms with E-state index in [1.807, 2.05) is 43.1 Å². The van der Waals surface area contributed by atoms with E-state index in [0.29, 0.717) is 35.8 Å². The number of nitrogens with zero attached hydrogens (tertiary/aromatic N) is 3. The van der Waals surface area contributed by atoms with Crippen LogP contribution in [0.3, 0.4) is 0 Å². The number of rotatable bonds is 4. The number of ether oxygens (including phenoxy) is 1. The van der Waals surface area contributed by atoms with Crippen LogP contribution >= 0.6 is 11.8 Å². The minimum atomic E-state index is -0.592. The second-order valence-electron chi connectivity index (χ2n) is 14.3. The Morgan fingerprint density at radius 1 is 1.10 bits per heavy atom. The van der Waals surface area contributed by atoms with Crippen LogP contribution < -0.4 is 10.1 Å². The first-order valence-corrected chi connectivity index (χ1v) is 18.1. The van der Waals surface area contributed by atoms with Gasteiger partial charge in [-0.1, -0.05) is 51.5 Å². The first-order chi connectivity index (χ1) is 23.4. The van der Waals surface area contributed by atoms with Gasteiger partial charge < -0.3 is 15.0 Å². The van der Waals surface area contributed by atoms with Crippen LogP contribution in [-0.4, -0.2) is 44.2 Å². The molecule has 10 heteroatoms. The van der Waals surface area contributed by atoms with E-state index in [2.05, 4.69) is 43.2 Å². The van der Waals surface area contributed by atoms with Gasteiger partial charge in [-0.05, 0) is 84.9 Å². The third kappa shape index (κ3) is 7.25. The van der Waals surface area contributed by atoms with Crippen molar-refractivity contribution in [3.8, 4) is 22.9 Å². The Bertz CT molecular complexity index is 1990. The normalized spacial score (nSPS) is 18.9. The molecule has 258 valence electrons. The second kappa shape index (κ2) is 14.0. The van der Waals surface area contributed by atoms with Crippen molar-refractivity contribution in [3.05, 3.63) is 94.9 Å². The van der Waals surface area contributed by atoms with Crippen LogP contribution in [0.15, 0.2) is 60.8 Å². The molecule has 2 atom stereocenters. The van der Waals surface area contributed by atoms with Gasteiger partial charge >= 0.3 is 0 Å². The van der Waals surface area contributed by atoms with Gasteiger partial charge in [0.15, 0.2) is 23.2 Å². The number of carbonyl (C=O) groups excluding carboxylic acids is 1. The zero-order valence-electron chi connectivity index (χ0n) is 29.1. The van der Waals surface area contributed by atoms with Crippen LogP contribution in [0.5, 0.6) is 11.5 Å². The highest BCUT2D eigenvalue weighted by Crippen LogP contribution is 2.41. The number of aryl methyl sites for hydroxylation is 2. The molecule has 1 aliphatic heterocycles. The SMILES string of the molecule is CNC(=O)C(C)Cc1cccc(C2(C)CCCC(C)(C)CSCCc3c(c(F)cc4[nH]ccc34)Oc3ccc(F)c(c3)-c3nc2nn3C)c1. The summed E-state index contributed by atoms with van der Waals surface area (Å²) >= 11 is 1.86. The van der Waals surface area contributed by atoms with Crippen molar-refractivity contribution in [1.29, 1.82) is 0 Å². The van der Waals surface area contributed by atoms with E-state index >= 15 is 8.78 Å². The second-order valence-corrected chi connectivity index (χ2v) is 15.4. The van der Waals surface area contributed by atoms with Gasteiger partial charge in [0.05, 0.1) is 11.0 Å². The Kier molecular flexibility index (Phi) is 9.89. The van der Waals surface area contributed by atoms with Crippen molar-refractivity contribution in [3.63, 3.8) is 0 Å². The minimum absolute atomic E-state index is 0.00109. The van der Waals surface area contributed by atoms with Crippen LogP contribution in [-0.2, 0) is 30.1 Å². The van der Waals surface area contributed by atoms with E-state index < -0.39 is 17.0 Å². The molecule has 0 radical (unpaired) electrons. The number of H-pyrrole nitrogens is 1. The lowest BCUT2D eigenvalue weighted by Gasteiger charge is -2.31. The molecular formula is C39H45F2N5O2S. The fourth-order valence-electron chi connectivity index (χ4n) is 6.93. The standard InChI is InChI=1S/C39H45F2N5O2S/c1-24(36(47)42-5)19-25-9-7-10-26(20-25)39(4)16-8-15-38(2,3)23-49-18-14-29-28-13-17-43-33(28)22-32(41)34(29)48-27-11-12-31(40)30(21-27)35-44-37(39)45-46(35)6/h7,9-13,17,20-22,24,43H,8,14-16,18-19,23H2,1-6H3,(H,42,47). The summed E-state index contributed by atoms with van der Waals surface area (Å²) in [4.78, 5) is 20.5. The summed E-state index contributed by atoms with van der Waals surface area (Å²) in [6.45, 7) is 8.68. The number of halogens is 2. The minimum Gasteiger partial charge on any atom is -0.454 e. The van der Waals surface area contributed by atoms with E-state index in [-0.39, 0.29) is 28.6 Å². The smallest absolute Gasteiger partial charge is 0.222 e. The largest absolute Gasteiger partial charge is 0.454 e. The highest BCUT2D eigenvalue weighted by atomic mass is 32.2. The summed E-state index contributed by atoms with van der Waals surface area (Å²) in [5.41, 5.74) is 3.29. The number of benzene rings is 3.